The van der Waals surface area contributed by atoms with Crippen molar-refractivity contribution in [2.24, 2.45) is 5.73 Å². The topological polar surface area (TPSA) is 52.3 Å². The predicted molar refractivity (Wildman–Crippen MR) is 67.6 cm³/mol. The number of ether oxygens (including phenoxy) is 1. The molecule has 0 saturated carbocycles. The first kappa shape index (κ1) is 12.1. The van der Waals surface area contributed by atoms with Gasteiger partial charge in [-0.15, -0.1) is 0 Å². The quantitative estimate of drug-likeness (QED) is 0.810. The molecule has 0 heterocycles. The van der Waals surface area contributed by atoms with Crippen LogP contribution in [0.1, 0.15) is 40.7 Å². The molecule has 92 valence electrons. The number of benzene rings is 1. The number of ketones is 1. The van der Waals surface area contributed by atoms with Crippen molar-refractivity contribution in [1.82, 2.24) is 0 Å². The SMILES string of the molecule is COc1ccc2c(c1C(=O)CCN)CCCC2. The third-order valence-electron chi connectivity index (χ3n) is 3.36. The number of nitrogens with two attached hydrogens (primary N) is 1. The van der Waals surface area contributed by atoms with Crippen LogP contribution in [-0.4, -0.2) is 19.4 Å². The Kier molecular flexibility index (Phi) is 3.79. The van der Waals surface area contributed by atoms with Crippen LogP contribution in [0, 0.1) is 0 Å². The lowest BCUT2D eigenvalue weighted by Crippen LogP contribution is -2.15. The molecule has 3 heteroatoms. The number of fused-ring (bicyclic) bond motifs is 1. The summed E-state index contributed by atoms with van der Waals surface area (Å²) in [6.07, 6.45) is 4.82. The summed E-state index contributed by atoms with van der Waals surface area (Å²) >= 11 is 0. The molecule has 0 spiro atoms. The Morgan fingerprint density at radius 3 is 2.82 bits per heavy atom. The number of hydrogen-bond donors (Lipinski definition) is 1. The highest BCUT2D eigenvalue weighted by Crippen LogP contribution is 2.31. The molecule has 1 aliphatic rings. The van der Waals surface area contributed by atoms with Crippen molar-refractivity contribution in [3.05, 3.63) is 28.8 Å². The van der Waals surface area contributed by atoms with E-state index >= 15 is 0 Å². The van der Waals surface area contributed by atoms with Gasteiger partial charge in [0.2, 0.25) is 0 Å². The molecule has 0 unspecified atom stereocenters. The van der Waals surface area contributed by atoms with Crippen LogP contribution in [0.25, 0.3) is 0 Å². The molecular weight excluding hydrogens is 214 g/mol. The van der Waals surface area contributed by atoms with E-state index in [1.807, 2.05) is 6.07 Å². The fraction of sp³-hybridized carbons (Fsp3) is 0.500. The minimum absolute atomic E-state index is 0.114. The first-order valence-electron chi connectivity index (χ1n) is 6.20. The number of Topliss-reactive ketones (excluding diaryl/α,β-unsaturated/α-hetero) is 1. The van der Waals surface area contributed by atoms with Gasteiger partial charge in [-0.05, 0) is 49.4 Å². The molecule has 17 heavy (non-hydrogen) atoms. The number of rotatable bonds is 4. The van der Waals surface area contributed by atoms with Crippen molar-refractivity contribution in [3.8, 4) is 5.75 Å². The molecule has 0 amide bonds. The van der Waals surface area contributed by atoms with Crippen molar-refractivity contribution < 1.29 is 9.53 Å². The number of methoxy groups -OCH3 is 1. The van der Waals surface area contributed by atoms with E-state index in [2.05, 4.69) is 6.07 Å². The van der Waals surface area contributed by atoms with E-state index in [1.54, 1.807) is 7.11 Å². The van der Waals surface area contributed by atoms with E-state index in [9.17, 15) is 4.79 Å². The number of hydrogen-bond acceptors (Lipinski definition) is 3. The van der Waals surface area contributed by atoms with Gasteiger partial charge in [-0.3, -0.25) is 4.79 Å². The second-order valence-corrected chi connectivity index (χ2v) is 4.45. The average Bonchev–Trinajstić information content (AvgIpc) is 2.37. The zero-order valence-corrected chi connectivity index (χ0v) is 10.3. The van der Waals surface area contributed by atoms with E-state index in [0.29, 0.717) is 18.7 Å². The van der Waals surface area contributed by atoms with Gasteiger partial charge < -0.3 is 10.5 Å². The van der Waals surface area contributed by atoms with Gasteiger partial charge in [-0.1, -0.05) is 6.07 Å². The molecule has 0 radical (unpaired) electrons. The molecule has 0 saturated heterocycles. The van der Waals surface area contributed by atoms with Crippen LogP contribution in [0.3, 0.4) is 0 Å². The average molecular weight is 233 g/mol. The Morgan fingerprint density at radius 1 is 1.35 bits per heavy atom. The third-order valence-corrected chi connectivity index (χ3v) is 3.36. The van der Waals surface area contributed by atoms with Crippen LogP contribution in [0.4, 0.5) is 0 Å². The Bertz CT molecular complexity index is 426. The van der Waals surface area contributed by atoms with Crippen molar-refractivity contribution in [2.75, 3.05) is 13.7 Å². The van der Waals surface area contributed by atoms with Crippen LogP contribution >= 0.6 is 0 Å². The molecule has 1 aromatic rings. The van der Waals surface area contributed by atoms with E-state index in [1.165, 1.54) is 17.5 Å². The molecule has 2 rings (SSSR count). The monoisotopic (exact) mass is 233 g/mol. The van der Waals surface area contributed by atoms with Gasteiger partial charge in [0.15, 0.2) is 5.78 Å². The molecule has 0 fully saturated rings. The van der Waals surface area contributed by atoms with E-state index in [0.717, 1.165) is 24.8 Å². The van der Waals surface area contributed by atoms with Crippen molar-refractivity contribution >= 4 is 5.78 Å². The van der Waals surface area contributed by atoms with Crippen LogP contribution in [-0.2, 0) is 12.8 Å². The highest BCUT2D eigenvalue weighted by Gasteiger charge is 2.21. The molecule has 1 aliphatic carbocycles. The molecule has 1 aromatic carbocycles. The first-order chi connectivity index (χ1) is 8.27. The summed E-state index contributed by atoms with van der Waals surface area (Å²) in [5.74, 6) is 0.812. The van der Waals surface area contributed by atoms with Crippen LogP contribution in [0.2, 0.25) is 0 Å². The molecule has 0 atom stereocenters. The molecule has 2 N–H and O–H groups in total. The summed E-state index contributed by atoms with van der Waals surface area (Å²) in [6, 6.07) is 4.00. The first-order valence-corrected chi connectivity index (χ1v) is 6.20. The van der Waals surface area contributed by atoms with E-state index < -0.39 is 0 Å². The largest absolute Gasteiger partial charge is 0.496 e. The summed E-state index contributed by atoms with van der Waals surface area (Å²) in [4.78, 5) is 12.1. The number of carbonyl (C=O) groups is 1. The molecule has 0 aliphatic heterocycles. The Hall–Kier alpha value is -1.35. The standard InChI is InChI=1S/C14H19NO2/c1-17-13-7-6-10-4-2-3-5-11(10)14(13)12(16)8-9-15/h6-7H,2-5,8-9,15H2,1H3. The molecular formula is C14H19NO2. The fourth-order valence-electron chi connectivity index (χ4n) is 2.54. The Labute approximate surface area is 102 Å². The van der Waals surface area contributed by atoms with Crippen molar-refractivity contribution in [2.45, 2.75) is 32.1 Å². The highest BCUT2D eigenvalue weighted by molar-refractivity contribution is 6.00. The summed E-state index contributed by atoms with van der Waals surface area (Å²) in [7, 11) is 1.61. The van der Waals surface area contributed by atoms with Crippen LogP contribution in [0.5, 0.6) is 5.75 Å². The third kappa shape index (κ3) is 2.34. The van der Waals surface area contributed by atoms with Crippen LogP contribution in [0.15, 0.2) is 12.1 Å². The Morgan fingerprint density at radius 2 is 2.12 bits per heavy atom. The van der Waals surface area contributed by atoms with Gasteiger partial charge >= 0.3 is 0 Å². The summed E-state index contributed by atoms with van der Waals surface area (Å²) in [6.45, 7) is 0.394. The minimum atomic E-state index is 0.114. The zero-order chi connectivity index (χ0) is 12.3. The number of aryl methyl sites for hydroxylation is 1. The molecule has 0 aromatic heterocycles. The molecule has 3 nitrogen and oxygen atoms in total. The van der Waals surface area contributed by atoms with Gasteiger partial charge in [-0.2, -0.15) is 0 Å². The number of carbonyl (C=O) groups excluding carboxylic acids is 1. The maximum atomic E-state index is 12.1. The maximum absolute atomic E-state index is 12.1. The zero-order valence-electron chi connectivity index (χ0n) is 10.3. The van der Waals surface area contributed by atoms with Gasteiger partial charge in [0, 0.05) is 6.42 Å². The normalized spacial score (nSPS) is 14.2. The van der Waals surface area contributed by atoms with Gasteiger partial charge in [0.25, 0.3) is 0 Å². The predicted octanol–water partition coefficient (Wildman–Crippen LogP) is 2.11. The van der Waals surface area contributed by atoms with Gasteiger partial charge in [0.05, 0.1) is 12.7 Å². The maximum Gasteiger partial charge on any atom is 0.168 e. The summed E-state index contributed by atoms with van der Waals surface area (Å²) in [5, 5.41) is 0. The second-order valence-electron chi connectivity index (χ2n) is 4.45. The minimum Gasteiger partial charge on any atom is -0.496 e. The molecule has 0 bridgehead atoms. The lowest BCUT2D eigenvalue weighted by Gasteiger charge is -2.20. The van der Waals surface area contributed by atoms with E-state index in [4.69, 9.17) is 10.5 Å². The second kappa shape index (κ2) is 5.32. The van der Waals surface area contributed by atoms with Crippen molar-refractivity contribution in [3.63, 3.8) is 0 Å². The summed E-state index contributed by atoms with van der Waals surface area (Å²) in [5.41, 5.74) is 8.74. The summed E-state index contributed by atoms with van der Waals surface area (Å²) < 4.78 is 5.32. The van der Waals surface area contributed by atoms with E-state index in [-0.39, 0.29) is 5.78 Å². The lowest BCUT2D eigenvalue weighted by molar-refractivity contribution is 0.0981. The fourth-order valence-corrected chi connectivity index (χ4v) is 2.54. The smallest absolute Gasteiger partial charge is 0.168 e. The van der Waals surface area contributed by atoms with Gasteiger partial charge in [0.1, 0.15) is 5.75 Å². The Balaban J connectivity index is 2.48. The van der Waals surface area contributed by atoms with Gasteiger partial charge in [-0.25, -0.2) is 0 Å². The van der Waals surface area contributed by atoms with Crippen molar-refractivity contribution in [1.29, 1.82) is 0 Å². The lowest BCUT2D eigenvalue weighted by atomic mass is 9.86. The highest BCUT2D eigenvalue weighted by atomic mass is 16.5. The van der Waals surface area contributed by atoms with Crippen LogP contribution < -0.4 is 10.5 Å².